The summed E-state index contributed by atoms with van der Waals surface area (Å²) in [6.45, 7) is 14.2. The van der Waals surface area contributed by atoms with Crippen LogP contribution in [-0.4, -0.2) is 86.4 Å². The third-order valence-corrected chi connectivity index (χ3v) is 10.7. The van der Waals surface area contributed by atoms with E-state index >= 15 is 0 Å². The summed E-state index contributed by atoms with van der Waals surface area (Å²) in [7, 11) is 0. The molecule has 3 aliphatic heterocycles. The Morgan fingerprint density at radius 1 is 1.13 bits per heavy atom. The Kier molecular flexibility index (Phi) is 9.60. The number of unbranched alkanes of at least 4 members (excludes halogenated alkanes) is 1. The lowest BCUT2D eigenvalue weighted by Gasteiger charge is -2.41. The molecule has 0 aromatic heterocycles. The number of fused-ring (bicyclic) bond motifs is 1. The number of likely N-dealkylation sites (tertiary alicyclic amines) is 1. The molecule has 8 heteroatoms. The predicted molar refractivity (Wildman–Crippen MR) is 156 cm³/mol. The summed E-state index contributed by atoms with van der Waals surface area (Å²) in [6, 6.07) is 9.21. The van der Waals surface area contributed by atoms with Crippen molar-refractivity contribution in [1.82, 2.24) is 14.7 Å². The molecule has 212 valence electrons. The van der Waals surface area contributed by atoms with E-state index in [-0.39, 0.29) is 35.5 Å². The molecule has 4 rings (SSSR count). The minimum atomic E-state index is -0.654. The van der Waals surface area contributed by atoms with Gasteiger partial charge in [-0.3, -0.25) is 14.4 Å². The Morgan fingerprint density at radius 2 is 1.82 bits per heavy atom. The number of carbonyl (C=O) groups excluding carboxylic acids is 3. The molecule has 0 aliphatic carbocycles. The van der Waals surface area contributed by atoms with Crippen molar-refractivity contribution in [3.63, 3.8) is 0 Å². The quantitative estimate of drug-likeness (QED) is 0.281. The van der Waals surface area contributed by atoms with Crippen molar-refractivity contribution in [3.8, 4) is 0 Å². The number of thioether (sulfide) groups is 1. The van der Waals surface area contributed by atoms with Gasteiger partial charge in [0.1, 0.15) is 6.04 Å². The van der Waals surface area contributed by atoms with Gasteiger partial charge in [-0.15, -0.1) is 24.9 Å². The highest BCUT2D eigenvalue weighted by Gasteiger charge is 2.76. The van der Waals surface area contributed by atoms with E-state index in [0.29, 0.717) is 45.6 Å². The molecular weight excluding hydrogens is 510 g/mol. The second-order valence-electron chi connectivity index (χ2n) is 11.1. The molecule has 2 bridgehead atoms. The molecule has 1 spiro atoms. The van der Waals surface area contributed by atoms with Crippen LogP contribution in [0, 0.1) is 17.8 Å². The fourth-order valence-corrected chi connectivity index (χ4v) is 9.42. The fourth-order valence-electron chi connectivity index (χ4n) is 7.01. The predicted octanol–water partition coefficient (Wildman–Crippen LogP) is 3.74. The highest BCUT2D eigenvalue weighted by molar-refractivity contribution is 8.02. The number of nitrogens with zero attached hydrogens (tertiary/aromatic N) is 3. The minimum absolute atomic E-state index is 0.0111. The first kappa shape index (κ1) is 29.4. The van der Waals surface area contributed by atoms with Crippen molar-refractivity contribution in [2.24, 2.45) is 17.8 Å². The van der Waals surface area contributed by atoms with Gasteiger partial charge in [-0.2, -0.15) is 0 Å². The maximum atomic E-state index is 14.5. The summed E-state index contributed by atoms with van der Waals surface area (Å²) in [5.41, 5.74) is 1.02. The van der Waals surface area contributed by atoms with E-state index in [0.717, 1.165) is 18.4 Å². The number of rotatable bonds is 14. The number of benzene rings is 1. The smallest absolute Gasteiger partial charge is 0.247 e. The zero-order chi connectivity index (χ0) is 28.2. The average Bonchev–Trinajstić information content (AvgIpc) is 3.52. The van der Waals surface area contributed by atoms with Gasteiger partial charge in [0.15, 0.2) is 0 Å². The molecule has 3 heterocycles. The molecule has 3 amide bonds. The Hall–Kier alpha value is -2.58. The molecule has 7 nitrogen and oxygen atoms in total. The summed E-state index contributed by atoms with van der Waals surface area (Å²) in [4.78, 5) is 48.2. The van der Waals surface area contributed by atoms with Gasteiger partial charge in [0.2, 0.25) is 17.7 Å². The number of amides is 3. The normalized spacial score (nSPS) is 28.8. The van der Waals surface area contributed by atoms with E-state index in [1.54, 1.807) is 33.7 Å². The zero-order valence-electron chi connectivity index (χ0n) is 23.3. The van der Waals surface area contributed by atoms with E-state index in [1.165, 1.54) is 0 Å². The summed E-state index contributed by atoms with van der Waals surface area (Å²) >= 11 is 1.71. The van der Waals surface area contributed by atoms with Gasteiger partial charge < -0.3 is 19.8 Å². The fraction of sp³-hybridized carbons (Fsp3) is 0.581. The lowest BCUT2D eigenvalue weighted by Crippen LogP contribution is -2.57. The minimum Gasteiger partial charge on any atom is -0.396 e. The number of carbonyl (C=O) groups is 3. The average molecular weight is 554 g/mol. The first-order valence-corrected chi connectivity index (χ1v) is 15.2. The van der Waals surface area contributed by atoms with Gasteiger partial charge in [0.25, 0.3) is 0 Å². The van der Waals surface area contributed by atoms with Crippen LogP contribution in [0.5, 0.6) is 0 Å². The molecule has 3 saturated heterocycles. The molecular formula is C31H43N3O4S. The van der Waals surface area contributed by atoms with Crippen LogP contribution in [0.2, 0.25) is 0 Å². The molecule has 0 radical (unpaired) electrons. The van der Waals surface area contributed by atoms with Crippen LogP contribution >= 0.6 is 11.8 Å². The van der Waals surface area contributed by atoms with Crippen LogP contribution in [0.4, 0.5) is 0 Å². The first-order chi connectivity index (χ1) is 18.8. The molecule has 6 atom stereocenters. The van der Waals surface area contributed by atoms with Gasteiger partial charge in [0, 0.05) is 44.6 Å². The third kappa shape index (κ3) is 5.30. The largest absolute Gasteiger partial charge is 0.396 e. The van der Waals surface area contributed by atoms with Gasteiger partial charge >= 0.3 is 0 Å². The van der Waals surface area contributed by atoms with Crippen molar-refractivity contribution in [2.45, 2.75) is 62.1 Å². The zero-order valence-corrected chi connectivity index (χ0v) is 24.2. The second-order valence-corrected chi connectivity index (χ2v) is 12.6. The lowest BCUT2D eigenvalue weighted by molar-refractivity contribution is -0.145. The lowest BCUT2D eigenvalue weighted by atomic mass is 9.65. The Morgan fingerprint density at radius 3 is 2.46 bits per heavy atom. The van der Waals surface area contributed by atoms with Gasteiger partial charge in [0.05, 0.1) is 16.6 Å². The van der Waals surface area contributed by atoms with Crippen LogP contribution in [-0.2, 0) is 20.9 Å². The number of aliphatic hydroxyl groups is 1. The molecule has 1 aromatic carbocycles. The van der Waals surface area contributed by atoms with E-state index in [2.05, 4.69) is 20.1 Å². The first-order valence-electron chi connectivity index (χ1n) is 14.3. The van der Waals surface area contributed by atoms with Crippen LogP contribution in [0.15, 0.2) is 55.6 Å². The maximum Gasteiger partial charge on any atom is 0.247 e. The van der Waals surface area contributed by atoms with Gasteiger partial charge in [-0.1, -0.05) is 56.3 Å². The molecule has 3 unspecified atom stereocenters. The van der Waals surface area contributed by atoms with Crippen molar-refractivity contribution in [3.05, 3.63) is 61.2 Å². The van der Waals surface area contributed by atoms with Crippen LogP contribution < -0.4 is 0 Å². The van der Waals surface area contributed by atoms with Gasteiger partial charge in [-0.05, 0) is 37.2 Å². The topological polar surface area (TPSA) is 81.2 Å². The van der Waals surface area contributed by atoms with E-state index in [1.807, 2.05) is 42.2 Å². The highest BCUT2D eigenvalue weighted by Crippen LogP contribution is 2.69. The Bertz CT molecular complexity index is 1070. The van der Waals surface area contributed by atoms with E-state index < -0.39 is 22.6 Å². The summed E-state index contributed by atoms with van der Waals surface area (Å²) < 4.78 is -0.652. The van der Waals surface area contributed by atoms with Gasteiger partial charge in [-0.25, -0.2) is 0 Å². The number of hydrogen-bond donors (Lipinski definition) is 1. The summed E-state index contributed by atoms with van der Waals surface area (Å²) in [5, 5.41) is 9.45. The number of hydrogen-bond acceptors (Lipinski definition) is 5. The molecule has 0 saturated carbocycles. The molecule has 3 aliphatic rings. The van der Waals surface area contributed by atoms with Crippen LogP contribution in [0.25, 0.3) is 0 Å². The summed E-state index contributed by atoms with van der Waals surface area (Å²) in [6.07, 6.45) is 6.28. The molecule has 39 heavy (non-hydrogen) atoms. The maximum absolute atomic E-state index is 14.5. The third-order valence-electron chi connectivity index (χ3n) is 8.60. The monoisotopic (exact) mass is 553 g/mol. The Balaban J connectivity index is 1.74. The second kappa shape index (κ2) is 12.7. The van der Waals surface area contributed by atoms with Crippen LogP contribution in [0.1, 0.15) is 45.1 Å². The SMILES string of the molecule is C=CCN(Cc1ccccc1)C(=O)C1N(CCCCO)C(=O)[C@@H]2[C@H](C(=O)N(CC=C)CCC)[C@@H]3CC(C)C12S3. The Labute approximate surface area is 237 Å². The van der Waals surface area contributed by atoms with Crippen molar-refractivity contribution >= 4 is 29.5 Å². The van der Waals surface area contributed by atoms with E-state index in [4.69, 9.17) is 0 Å². The van der Waals surface area contributed by atoms with Crippen molar-refractivity contribution in [1.29, 1.82) is 0 Å². The molecule has 1 aromatic rings. The number of aliphatic hydroxyl groups excluding tert-OH is 1. The summed E-state index contributed by atoms with van der Waals surface area (Å²) in [5.74, 6) is -1.01. The molecule has 3 fully saturated rings. The van der Waals surface area contributed by atoms with Crippen molar-refractivity contribution in [2.75, 3.05) is 32.8 Å². The van der Waals surface area contributed by atoms with E-state index in [9.17, 15) is 19.5 Å². The van der Waals surface area contributed by atoms with Crippen LogP contribution in [0.3, 0.4) is 0 Å². The standard InChI is InChI=1S/C31H43N3O4S/c1-5-15-32(16-6-2)28(36)25-24-20-22(4)31(39-24)26(25)29(37)34(18-11-12-19-35)27(31)30(38)33(17-7-3)21-23-13-9-8-10-14-23/h5,7-10,13-14,22,24-27,35H,1,3,6,11-12,15-21H2,2,4H3/t22?,24-,25+,26-,27?,31?/m0/s1. The van der Waals surface area contributed by atoms with Crippen molar-refractivity contribution < 1.29 is 19.5 Å². The highest BCUT2D eigenvalue weighted by atomic mass is 32.2. The molecule has 1 N–H and O–H groups in total.